The van der Waals surface area contributed by atoms with Gasteiger partial charge < -0.3 is 26.2 Å². The van der Waals surface area contributed by atoms with Gasteiger partial charge in [-0.25, -0.2) is 24.7 Å². The maximum Gasteiger partial charge on any atom is 0.335 e. The first-order chi connectivity index (χ1) is 34.9. The molecule has 2 atom stereocenters. The molecular weight excluding hydrogens is 951 g/mol. The number of carboxylic acid groups (broad SMARTS) is 1. The van der Waals surface area contributed by atoms with Crippen LogP contribution in [0.5, 0.6) is 0 Å². The molecule has 1 aliphatic heterocycles. The van der Waals surface area contributed by atoms with Crippen molar-refractivity contribution in [1.82, 2.24) is 39.5 Å². The summed E-state index contributed by atoms with van der Waals surface area (Å²) in [5, 5.41) is 40.9. The quantitative estimate of drug-likeness (QED) is 0.0531. The van der Waals surface area contributed by atoms with Crippen molar-refractivity contribution in [3.8, 4) is 34.7 Å². The number of rotatable bonds is 13. The summed E-state index contributed by atoms with van der Waals surface area (Å²) in [4.78, 5) is 41.2. The van der Waals surface area contributed by atoms with Crippen molar-refractivity contribution in [2.45, 2.75) is 89.7 Å². The topological polar surface area (TPSA) is 303 Å². The van der Waals surface area contributed by atoms with E-state index in [9.17, 15) is 18.0 Å². The van der Waals surface area contributed by atoms with Crippen molar-refractivity contribution in [3.05, 3.63) is 138 Å². The summed E-state index contributed by atoms with van der Waals surface area (Å²) < 4.78 is 38.9. The van der Waals surface area contributed by atoms with Gasteiger partial charge in [0.25, 0.3) is 10.1 Å². The van der Waals surface area contributed by atoms with Crippen LogP contribution in [0.25, 0.3) is 22.5 Å². The summed E-state index contributed by atoms with van der Waals surface area (Å²) in [7, 11) is -4.02. The molecule has 7 aromatic rings. The second-order valence-electron chi connectivity index (χ2n) is 17.5. The lowest BCUT2D eigenvalue weighted by atomic mass is 9.99. The number of hydrogen-bond acceptors (Lipinski definition) is 16. The van der Waals surface area contributed by atoms with Gasteiger partial charge in [-0.15, -0.1) is 0 Å². The van der Waals surface area contributed by atoms with Gasteiger partial charge in [-0.3, -0.25) is 18.7 Å². The van der Waals surface area contributed by atoms with Gasteiger partial charge >= 0.3 is 5.97 Å². The highest BCUT2D eigenvalue weighted by Crippen LogP contribution is 2.35. The van der Waals surface area contributed by atoms with Crippen LogP contribution in [0.4, 0.5) is 23.3 Å². The molecule has 21 heteroatoms. The van der Waals surface area contributed by atoms with Crippen LogP contribution in [-0.2, 0) is 14.9 Å². The molecule has 0 unspecified atom stereocenters. The number of nitrogens with zero attached hydrogens (tertiary/aromatic N) is 10. The van der Waals surface area contributed by atoms with Gasteiger partial charge in [0.05, 0.1) is 81.8 Å². The van der Waals surface area contributed by atoms with Crippen LogP contribution in [0.15, 0.2) is 115 Å². The first kappa shape index (κ1) is 54.1. The monoisotopic (exact) mass is 1010 g/mol. The Morgan fingerprint density at radius 3 is 1.59 bits per heavy atom. The second-order valence-corrected chi connectivity index (χ2v) is 18.9. The average Bonchev–Trinajstić information content (AvgIpc) is 3.95. The standard InChI is InChI=1S/C24H26N6O2.C18H17N5O2.C7H8O3S.C3H6N2/c1-16(12-25)11-22(31)18-3-5-19(6-4-18)23-17(2)13-26-24(29-23)28-20-14-27-30(15-20)21-7-9-32-10-8-21;1-11-8-19-18(21-14-9-20-23(10-14)15-6-7-15)22-16(11)12-2-4-13(5-3-12)17(24)25;1-6-2-4-7(5-3-6)11(8,9)10;1-3(5)2-4/h3-6,13-16,21H,7-11H2,1-2H3,(H,26,28,29);2-5,8-10,15H,6-7H2,1H3,(H,24,25)(H,19,21,22);2-5H,1H3,(H,8,9,10);3H,5H2,1H3/t16-;;;3-/m1..0/s1. The van der Waals surface area contributed by atoms with Gasteiger partial charge in [0.1, 0.15) is 0 Å². The Hall–Kier alpha value is -8.21. The van der Waals surface area contributed by atoms with Crippen molar-refractivity contribution in [2.24, 2.45) is 11.7 Å². The number of hydrogen-bond donors (Lipinski definition) is 5. The molecular formula is C52H57N13O7S. The molecule has 2 fully saturated rings. The lowest BCUT2D eigenvalue weighted by Crippen LogP contribution is -2.19. The van der Waals surface area contributed by atoms with Crippen molar-refractivity contribution >= 4 is 45.1 Å². The number of nitrogens with two attached hydrogens (primary N) is 1. The van der Waals surface area contributed by atoms with E-state index in [1.54, 1.807) is 93.2 Å². The molecule has 2 aliphatic rings. The van der Waals surface area contributed by atoms with E-state index in [4.69, 9.17) is 30.7 Å². The van der Waals surface area contributed by atoms with Gasteiger partial charge in [-0.1, -0.05) is 54.1 Å². The number of carbonyl (C=O) groups is 2. The number of carboxylic acids is 1. The summed E-state index contributed by atoms with van der Waals surface area (Å²) in [6.07, 6.45) is 15.5. The number of benzene rings is 3. The zero-order valence-corrected chi connectivity index (χ0v) is 41.9. The van der Waals surface area contributed by atoms with Gasteiger partial charge in [-0.2, -0.15) is 29.1 Å². The summed E-state index contributed by atoms with van der Waals surface area (Å²) >= 11 is 0. The van der Waals surface area contributed by atoms with Crippen LogP contribution in [0.3, 0.4) is 0 Å². The fraction of sp³-hybridized carbons (Fsp3) is 0.308. The SMILES string of the molecule is C[C@H](N)C#N.Cc1ccc(S(=O)(=O)O)cc1.Cc1cnc(Nc2cnn(C3CC3)c2)nc1-c1ccc(C(=O)O)cc1.Cc1cnc(Nc2cnn(C3CCOCC3)c2)nc1-c1ccc(C(=O)C[C@@H](C)C#N)cc1. The first-order valence-corrected chi connectivity index (χ1v) is 24.8. The fourth-order valence-electron chi connectivity index (χ4n) is 7.08. The van der Waals surface area contributed by atoms with Crippen molar-refractivity contribution in [3.63, 3.8) is 0 Å². The van der Waals surface area contributed by atoms with E-state index in [1.807, 2.05) is 54.7 Å². The minimum absolute atomic E-state index is 0.0334. The van der Waals surface area contributed by atoms with Crippen LogP contribution >= 0.6 is 0 Å². The zero-order chi connectivity index (χ0) is 52.7. The number of ketones is 1. The number of aromatic nitrogens is 8. The number of nitriles is 2. The van der Waals surface area contributed by atoms with Crippen LogP contribution in [-0.4, -0.2) is 88.6 Å². The highest BCUT2D eigenvalue weighted by atomic mass is 32.2. The highest BCUT2D eigenvalue weighted by molar-refractivity contribution is 7.85. The minimum atomic E-state index is -4.02. The Morgan fingerprint density at radius 2 is 1.18 bits per heavy atom. The predicted molar refractivity (Wildman–Crippen MR) is 274 cm³/mol. The molecule has 20 nitrogen and oxygen atoms in total. The Labute approximate surface area is 423 Å². The second kappa shape index (κ2) is 25.3. The summed E-state index contributed by atoms with van der Waals surface area (Å²) in [6, 6.07) is 24.5. The number of nitrogens with one attached hydrogen (secondary N) is 2. The minimum Gasteiger partial charge on any atom is -0.478 e. The summed E-state index contributed by atoms with van der Waals surface area (Å²) in [5.74, 6) is -0.302. The van der Waals surface area contributed by atoms with Crippen LogP contribution in [0.2, 0.25) is 0 Å². The molecule has 0 spiro atoms. The molecule has 3 aromatic carbocycles. The highest BCUT2D eigenvalue weighted by Gasteiger charge is 2.24. The molecule has 1 saturated carbocycles. The van der Waals surface area contributed by atoms with E-state index < -0.39 is 16.1 Å². The molecule has 378 valence electrons. The van der Waals surface area contributed by atoms with Crippen LogP contribution in [0.1, 0.15) is 95.4 Å². The number of aryl methyl sites for hydroxylation is 3. The van der Waals surface area contributed by atoms with E-state index in [0.29, 0.717) is 29.5 Å². The van der Waals surface area contributed by atoms with Gasteiger partial charge in [0.2, 0.25) is 11.9 Å². The number of carbonyl (C=O) groups excluding carboxylic acids is 1. The van der Waals surface area contributed by atoms with Crippen LogP contribution < -0.4 is 16.4 Å². The summed E-state index contributed by atoms with van der Waals surface area (Å²) in [5.41, 5.74) is 13.6. The number of ether oxygens (including phenoxy) is 1. The predicted octanol–water partition coefficient (Wildman–Crippen LogP) is 9.00. The van der Waals surface area contributed by atoms with E-state index in [0.717, 1.165) is 76.6 Å². The smallest absolute Gasteiger partial charge is 0.335 e. The third kappa shape index (κ3) is 16.2. The number of Topliss-reactive ketones (excluding diaryl/α,β-unsaturated/α-hetero) is 1. The molecule has 4 aromatic heterocycles. The molecule has 1 saturated heterocycles. The Bertz CT molecular complexity index is 3170. The molecule has 0 amide bonds. The molecule has 0 bridgehead atoms. The summed E-state index contributed by atoms with van der Waals surface area (Å²) in [6.45, 7) is 10.6. The molecule has 73 heavy (non-hydrogen) atoms. The molecule has 6 N–H and O–H groups in total. The maximum absolute atomic E-state index is 12.3. The number of aromatic carboxylic acids is 1. The third-order valence-electron chi connectivity index (χ3n) is 11.3. The lowest BCUT2D eigenvalue weighted by Gasteiger charge is -2.22. The lowest BCUT2D eigenvalue weighted by molar-refractivity contribution is 0.0662. The van der Waals surface area contributed by atoms with E-state index in [1.165, 1.54) is 25.0 Å². The molecule has 0 radical (unpaired) electrons. The zero-order valence-electron chi connectivity index (χ0n) is 41.0. The third-order valence-corrected chi connectivity index (χ3v) is 12.1. The van der Waals surface area contributed by atoms with E-state index in [-0.39, 0.29) is 34.6 Å². The first-order valence-electron chi connectivity index (χ1n) is 23.3. The maximum atomic E-state index is 12.3. The number of anilines is 4. The largest absolute Gasteiger partial charge is 0.478 e. The van der Waals surface area contributed by atoms with Crippen molar-refractivity contribution in [2.75, 3.05) is 23.8 Å². The molecule has 5 heterocycles. The van der Waals surface area contributed by atoms with Gasteiger partial charge in [-0.05, 0) is 95.7 Å². The van der Waals surface area contributed by atoms with Crippen LogP contribution in [0, 0.1) is 49.4 Å². The van der Waals surface area contributed by atoms with E-state index in [2.05, 4.69) is 46.8 Å². The van der Waals surface area contributed by atoms with Crippen molar-refractivity contribution < 1.29 is 32.4 Å². The average molecular weight is 1010 g/mol. The van der Waals surface area contributed by atoms with E-state index >= 15 is 0 Å². The fourth-order valence-corrected chi connectivity index (χ4v) is 7.56. The Balaban J connectivity index is 0.000000186. The molecule has 9 rings (SSSR count). The molecule has 1 aliphatic carbocycles. The normalized spacial score (nSPS) is 13.9. The van der Waals surface area contributed by atoms with Gasteiger partial charge in [0.15, 0.2) is 5.78 Å². The Morgan fingerprint density at radius 1 is 0.726 bits per heavy atom. The van der Waals surface area contributed by atoms with Crippen molar-refractivity contribution in [1.29, 1.82) is 10.5 Å². The van der Waals surface area contributed by atoms with Gasteiger partial charge in [0, 0.05) is 61.1 Å². The Kier molecular flexibility index (Phi) is 18.7.